The molecule has 0 amide bonds. The molecule has 5 nitrogen and oxygen atoms in total. The van der Waals surface area contributed by atoms with E-state index in [4.69, 9.17) is 9.47 Å². The van der Waals surface area contributed by atoms with E-state index in [0.717, 1.165) is 26.2 Å². The van der Waals surface area contributed by atoms with Gasteiger partial charge in [0.05, 0.1) is 25.4 Å². The van der Waals surface area contributed by atoms with Crippen molar-refractivity contribution in [2.24, 2.45) is 0 Å². The maximum atomic E-state index is 10.0. The van der Waals surface area contributed by atoms with Gasteiger partial charge in [-0.25, -0.2) is 0 Å². The van der Waals surface area contributed by atoms with Gasteiger partial charge in [0.2, 0.25) is 0 Å². The van der Waals surface area contributed by atoms with Crippen LogP contribution in [0.1, 0.15) is 20.8 Å². The zero-order valence-corrected chi connectivity index (χ0v) is 12.8. The van der Waals surface area contributed by atoms with E-state index < -0.39 is 6.10 Å². The van der Waals surface area contributed by atoms with Gasteiger partial charge in [-0.15, -0.1) is 0 Å². The van der Waals surface area contributed by atoms with Gasteiger partial charge in [-0.05, 0) is 20.4 Å². The normalized spacial score (nSPS) is 25.4. The Balaban J connectivity index is 2.20. The van der Waals surface area contributed by atoms with E-state index in [1.807, 2.05) is 6.92 Å². The maximum absolute atomic E-state index is 10.0. The second-order valence-electron chi connectivity index (χ2n) is 5.49. The zero-order chi connectivity index (χ0) is 14.3. The van der Waals surface area contributed by atoms with Crippen molar-refractivity contribution in [1.29, 1.82) is 0 Å². The molecule has 0 saturated carbocycles. The van der Waals surface area contributed by atoms with Crippen molar-refractivity contribution in [3.05, 3.63) is 0 Å². The molecule has 1 aliphatic rings. The van der Waals surface area contributed by atoms with Gasteiger partial charge in [0.1, 0.15) is 0 Å². The van der Waals surface area contributed by atoms with Crippen LogP contribution in [0.25, 0.3) is 0 Å². The van der Waals surface area contributed by atoms with Crippen LogP contribution in [0.2, 0.25) is 0 Å². The summed E-state index contributed by atoms with van der Waals surface area (Å²) in [5, 5.41) is 10.0. The van der Waals surface area contributed by atoms with Crippen LogP contribution < -0.4 is 0 Å². The fraction of sp³-hybridized carbons (Fsp3) is 1.00. The first-order valence-electron chi connectivity index (χ1n) is 7.31. The number of ether oxygens (including phenoxy) is 2. The highest BCUT2D eigenvalue weighted by atomic mass is 16.5. The van der Waals surface area contributed by atoms with Crippen LogP contribution in [0.15, 0.2) is 0 Å². The summed E-state index contributed by atoms with van der Waals surface area (Å²) in [5.74, 6) is 0. The summed E-state index contributed by atoms with van der Waals surface area (Å²) in [7, 11) is 1.66. The fourth-order valence-corrected chi connectivity index (χ4v) is 2.62. The number of nitrogens with zero attached hydrogens (tertiary/aromatic N) is 2. The molecule has 0 spiro atoms. The van der Waals surface area contributed by atoms with E-state index in [-0.39, 0.29) is 6.10 Å². The Morgan fingerprint density at radius 3 is 2.63 bits per heavy atom. The molecular formula is C14H30N2O3. The van der Waals surface area contributed by atoms with E-state index in [9.17, 15) is 5.11 Å². The topological polar surface area (TPSA) is 45.2 Å². The third-order valence-electron chi connectivity index (χ3n) is 3.70. The molecule has 1 N–H and O–H groups in total. The zero-order valence-electron chi connectivity index (χ0n) is 12.8. The van der Waals surface area contributed by atoms with Gasteiger partial charge in [-0.1, -0.05) is 6.92 Å². The monoisotopic (exact) mass is 274 g/mol. The second kappa shape index (κ2) is 8.87. The van der Waals surface area contributed by atoms with E-state index in [1.165, 1.54) is 0 Å². The summed E-state index contributed by atoms with van der Waals surface area (Å²) in [6.07, 6.45) is -0.379. The van der Waals surface area contributed by atoms with Crippen molar-refractivity contribution >= 4 is 0 Å². The molecule has 1 heterocycles. The lowest BCUT2D eigenvalue weighted by molar-refractivity contribution is -0.0449. The number of hydrogen-bond donors (Lipinski definition) is 1. The first kappa shape index (κ1) is 16.9. The highest BCUT2D eigenvalue weighted by Crippen LogP contribution is 2.09. The number of aliphatic hydroxyl groups is 1. The molecule has 1 saturated heterocycles. The molecule has 1 rings (SSSR count). The van der Waals surface area contributed by atoms with Crippen LogP contribution in [-0.2, 0) is 9.47 Å². The molecule has 1 fully saturated rings. The Kier molecular flexibility index (Phi) is 7.87. The van der Waals surface area contributed by atoms with Crippen LogP contribution in [0.4, 0.5) is 0 Å². The Morgan fingerprint density at radius 1 is 1.32 bits per heavy atom. The van der Waals surface area contributed by atoms with Crippen molar-refractivity contribution < 1.29 is 14.6 Å². The Labute approximate surface area is 117 Å². The minimum absolute atomic E-state index is 0.0375. The molecule has 0 aliphatic carbocycles. The Bertz CT molecular complexity index is 241. The highest BCUT2D eigenvalue weighted by Gasteiger charge is 2.23. The highest BCUT2D eigenvalue weighted by molar-refractivity contribution is 4.79. The van der Waals surface area contributed by atoms with Gasteiger partial charge in [0.15, 0.2) is 0 Å². The van der Waals surface area contributed by atoms with Crippen LogP contribution in [0.3, 0.4) is 0 Å². The van der Waals surface area contributed by atoms with Gasteiger partial charge in [0.25, 0.3) is 0 Å². The molecule has 0 aromatic rings. The first-order valence-corrected chi connectivity index (χ1v) is 7.31. The standard InChI is InChI=1S/C14H30N2O3/c1-5-16-7-6-15(8-12(16)2)9-14(17)11-19-13(3)10-18-4/h12-14,17H,5-11H2,1-4H3. The molecule has 0 aromatic heterocycles. The number of β-amino-alcohol motifs (C(OH)–C–C–N with tert-alkyl or cyclic N) is 1. The fourth-order valence-electron chi connectivity index (χ4n) is 2.62. The van der Waals surface area contributed by atoms with Gasteiger partial charge < -0.3 is 14.6 Å². The van der Waals surface area contributed by atoms with Gasteiger partial charge in [-0.2, -0.15) is 0 Å². The summed E-state index contributed by atoms with van der Waals surface area (Å²) in [6, 6.07) is 0.569. The predicted octanol–water partition coefficient (Wildman–Crippen LogP) is 0.425. The molecular weight excluding hydrogens is 244 g/mol. The molecule has 3 unspecified atom stereocenters. The summed E-state index contributed by atoms with van der Waals surface area (Å²) in [4.78, 5) is 4.80. The maximum Gasteiger partial charge on any atom is 0.0900 e. The first-order chi connectivity index (χ1) is 9.06. The Morgan fingerprint density at radius 2 is 2.05 bits per heavy atom. The van der Waals surface area contributed by atoms with E-state index in [0.29, 0.717) is 25.8 Å². The number of methoxy groups -OCH3 is 1. The molecule has 0 bridgehead atoms. The van der Waals surface area contributed by atoms with Gasteiger partial charge >= 0.3 is 0 Å². The van der Waals surface area contributed by atoms with Crippen molar-refractivity contribution in [2.45, 2.75) is 39.0 Å². The SMILES string of the molecule is CCN1CCN(CC(O)COC(C)COC)CC1C. The van der Waals surface area contributed by atoms with Crippen molar-refractivity contribution in [2.75, 3.05) is 53.0 Å². The largest absolute Gasteiger partial charge is 0.389 e. The lowest BCUT2D eigenvalue weighted by Crippen LogP contribution is -2.53. The third-order valence-corrected chi connectivity index (χ3v) is 3.70. The molecule has 0 aromatic carbocycles. The molecule has 5 heteroatoms. The van der Waals surface area contributed by atoms with Crippen LogP contribution in [0.5, 0.6) is 0 Å². The van der Waals surface area contributed by atoms with Crippen LogP contribution in [0, 0.1) is 0 Å². The third kappa shape index (κ3) is 6.19. The van der Waals surface area contributed by atoms with E-state index in [1.54, 1.807) is 7.11 Å². The summed E-state index contributed by atoms with van der Waals surface area (Å²) in [6.45, 7) is 12.3. The molecule has 19 heavy (non-hydrogen) atoms. The van der Waals surface area contributed by atoms with Crippen molar-refractivity contribution in [3.8, 4) is 0 Å². The van der Waals surface area contributed by atoms with Crippen LogP contribution >= 0.6 is 0 Å². The molecule has 3 atom stereocenters. The average molecular weight is 274 g/mol. The summed E-state index contributed by atoms with van der Waals surface area (Å²) < 4.78 is 10.5. The summed E-state index contributed by atoms with van der Waals surface area (Å²) >= 11 is 0. The predicted molar refractivity (Wildman–Crippen MR) is 76.4 cm³/mol. The number of rotatable bonds is 8. The smallest absolute Gasteiger partial charge is 0.0900 e. The Hall–Kier alpha value is -0.200. The number of piperazine rings is 1. The van der Waals surface area contributed by atoms with Gasteiger partial charge in [-0.3, -0.25) is 9.80 Å². The lowest BCUT2D eigenvalue weighted by Gasteiger charge is -2.40. The second-order valence-corrected chi connectivity index (χ2v) is 5.49. The quantitative estimate of drug-likeness (QED) is 0.695. The molecule has 1 aliphatic heterocycles. The van der Waals surface area contributed by atoms with Crippen LogP contribution in [-0.4, -0.2) is 86.2 Å². The average Bonchev–Trinajstić information content (AvgIpc) is 2.37. The van der Waals surface area contributed by atoms with Crippen molar-refractivity contribution in [1.82, 2.24) is 9.80 Å². The molecule has 114 valence electrons. The minimum Gasteiger partial charge on any atom is -0.389 e. The summed E-state index contributed by atoms with van der Waals surface area (Å²) in [5.41, 5.74) is 0. The number of aliphatic hydroxyl groups excluding tert-OH is 1. The lowest BCUT2D eigenvalue weighted by atomic mass is 10.2. The molecule has 0 radical (unpaired) electrons. The van der Waals surface area contributed by atoms with Crippen molar-refractivity contribution in [3.63, 3.8) is 0 Å². The number of likely N-dealkylation sites (N-methyl/N-ethyl adjacent to an activating group) is 1. The number of hydrogen-bond acceptors (Lipinski definition) is 5. The van der Waals surface area contributed by atoms with E-state index in [2.05, 4.69) is 23.6 Å². The van der Waals surface area contributed by atoms with E-state index >= 15 is 0 Å². The minimum atomic E-state index is -0.417. The van der Waals surface area contributed by atoms with Gasteiger partial charge in [0, 0.05) is 39.3 Å².